The molecule has 92 valence electrons. The Bertz CT molecular complexity index is 524. The maximum atomic E-state index is 8.36. The predicted octanol–water partition coefficient (Wildman–Crippen LogP) is 3.77. The van der Waals surface area contributed by atoms with Crippen LogP contribution in [0.1, 0.15) is 0 Å². The molecular weight excluding hydrogens is 252 g/mol. The van der Waals surface area contributed by atoms with Gasteiger partial charge in [0.05, 0.1) is 5.69 Å². The number of benzene rings is 2. The third-order valence-electron chi connectivity index (χ3n) is 2.16. The Labute approximate surface area is 109 Å². The van der Waals surface area contributed by atoms with Crippen LogP contribution in [0.15, 0.2) is 53.5 Å². The zero-order valence-corrected chi connectivity index (χ0v) is 10.1. The van der Waals surface area contributed by atoms with Gasteiger partial charge in [0.2, 0.25) is 0 Å². The number of hydrogen-bond donors (Lipinski definition) is 2. The zero-order valence-electron chi connectivity index (χ0n) is 9.38. The summed E-state index contributed by atoms with van der Waals surface area (Å²) in [6.45, 7) is 0. The topological polar surface area (TPSA) is 53.8 Å². The summed E-state index contributed by atoms with van der Waals surface area (Å²) in [5.74, 6) is 1.42. The Kier molecular flexibility index (Phi) is 4.17. The summed E-state index contributed by atoms with van der Waals surface area (Å²) in [5.41, 5.74) is 2.55. The van der Waals surface area contributed by atoms with Gasteiger partial charge in [0.1, 0.15) is 17.8 Å². The molecule has 0 unspecified atom stereocenters. The first-order valence-electron chi connectivity index (χ1n) is 5.23. The van der Waals surface area contributed by atoms with Crippen LogP contribution in [0, 0.1) is 0 Å². The van der Waals surface area contributed by atoms with Crippen molar-refractivity contribution in [2.75, 3.05) is 0 Å². The molecule has 0 atom stereocenters. The van der Waals surface area contributed by atoms with Crippen LogP contribution in [0.25, 0.3) is 0 Å². The number of nitrogens with one attached hydrogen (secondary N) is 1. The molecule has 0 aliphatic carbocycles. The van der Waals surface area contributed by atoms with E-state index in [0.717, 1.165) is 0 Å². The van der Waals surface area contributed by atoms with Gasteiger partial charge in [-0.15, -0.1) is 0 Å². The Morgan fingerprint density at radius 1 is 1.00 bits per heavy atom. The maximum absolute atomic E-state index is 8.36. The maximum Gasteiger partial charge on any atom is 0.127 e. The molecule has 2 aromatic carbocycles. The fraction of sp³-hybridized carbons (Fsp3) is 0. The second-order valence-electron chi connectivity index (χ2n) is 3.44. The first-order chi connectivity index (χ1) is 8.78. The van der Waals surface area contributed by atoms with Gasteiger partial charge in [0.15, 0.2) is 0 Å². The van der Waals surface area contributed by atoms with Crippen LogP contribution >= 0.6 is 11.6 Å². The van der Waals surface area contributed by atoms with E-state index in [1.807, 2.05) is 5.48 Å². The van der Waals surface area contributed by atoms with Crippen molar-refractivity contribution in [2.24, 2.45) is 4.99 Å². The lowest BCUT2D eigenvalue weighted by Gasteiger charge is -2.05. The molecule has 5 heteroatoms. The molecule has 18 heavy (non-hydrogen) atoms. The Morgan fingerprint density at radius 3 is 2.11 bits per heavy atom. The number of halogens is 1. The summed E-state index contributed by atoms with van der Waals surface area (Å²) >= 11 is 5.79. The summed E-state index contributed by atoms with van der Waals surface area (Å²) in [6.07, 6.45) is 1.19. The number of rotatable bonds is 4. The second kappa shape index (κ2) is 6.05. The van der Waals surface area contributed by atoms with Crippen LogP contribution in [-0.2, 0) is 0 Å². The number of nitrogens with zero attached hydrogens (tertiary/aromatic N) is 1. The minimum Gasteiger partial charge on any atom is -0.457 e. The third kappa shape index (κ3) is 3.48. The molecule has 0 heterocycles. The lowest BCUT2D eigenvalue weighted by atomic mass is 10.3. The van der Waals surface area contributed by atoms with Crippen molar-refractivity contribution in [3.05, 3.63) is 53.6 Å². The quantitative estimate of drug-likeness (QED) is 0.501. The summed E-state index contributed by atoms with van der Waals surface area (Å²) < 4.78 is 5.62. The smallest absolute Gasteiger partial charge is 0.127 e. The fourth-order valence-electron chi connectivity index (χ4n) is 1.34. The SMILES string of the molecule is ONC=Nc1ccc(Oc2ccc(Cl)cc2)cc1. The van der Waals surface area contributed by atoms with Gasteiger partial charge in [-0.2, -0.15) is 0 Å². The highest BCUT2D eigenvalue weighted by Crippen LogP contribution is 2.24. The summed E-state index contributed by atoms with van der Waals surface area (Å²) in [7, 11) is 0. The zero-order chi connectivity index (χ0) is 12.8. The first kappa shape index (κ1) is 12.4. The summed E-state index contributed by atoms with van der Waals surface area (Å²) in [5, 5.41) is 9.03. The van der Waals surface area contributed by atoms with Gasteiger partial charge in [-0.1, -0.05) is 11.6 Å². The molecule has 0 saturated heterocycles. The lowest BCUT2D eigenvalue weighted by Crippen LogP contribution is -2.00. The molecule has 2 aromatic rings. The fourth-order valence-corrected chi connectivity index (χ4v) is 1.47. The second-order valence-corrected chi connectivity index (χ2v) is 3.87. The van der Waals surface area contributed by atoms with Gasteiger partial charge in [-0.05, 0) is 48.5 Å². The van der Waals surface area contributed by atoms with E-state index in [1.54, 1.807) is 48.5 Å². The van der Waals surface area contributed by atoms with Gasteiger partial charge in [-0.25, -0.2) is 4.99 Å². The highest BCUT2D eigenvalue weighted by atomic mass is 35.5. The van der Waals surface area contributed by atoms with E-state index in [0.29, 0.717) is 22.2 Å². The lowest BCUT2D eigenvalue weighted by molar-refractivity contribution is 0.240. The molecule has 0 aliphatic rings. The molecule has 0 aliphatic heterocycles. The molecule has 0 fully saturated rings. The van der Waals surface area contributed by atoms with Crippen molar-refractivity contribution in [3.63, 3.8) is 0 Å². The highest BCUT2D eigenvalue weighted by molar-refractivity contribution is 6.30. The highest BCUT2D eigenvalue weighted by Gasteiger charge is 1.97. The predicted molar refractivity (Wildman–Crippen MR) is 71.0 cm³/mol. The van der Waals surface area contributed by atoms with Crippen molar-refractivity contribution < 1.29 is 9.94 Å². The number of hydroxylamine groups is 1. The number of ether oxygens (including phenoxy) is 1. The van der Waals surface area contributed by atoms with E-state index in [2.05, 4.69) is 4.99 Å². The van der Waals surface area contributed by atoms with E-state index in [1.165, 1.54) is 6.34 Å². The van der Waals surface area contributed by atoms with Crippen molar-refractivity contribution in [1.82, 2.24) is 5.48 Å². The van der Waals surface area contributed by atoms with Crippen LogP contribution in [0.5, 0.6) is 11.5 Å². The number of aliphatic imine (C=N–C) groups is 1. The van der Waals surface area contributed by atoms with Crippen LogP contribution < -0.4 is 10.2 Å². The van der Waals surface area contributed by atoms with Crippen molar-refractivity contribution in [3.8, 4) is 11.5 Å². The molecule has 0 bridgehead atoms. The summed E-state index contributed by atoms with van der Waals surface area (Å²) in [6, 6.07) is 14.3. The third-order valence-corrected chi connectivity index (χ3v) is 2.41. The summed E-state index contributed by atoms with van der Waals surface area (Å²) in [4.78, 5) is 3.93. The largest absolute Gasteiger partial charge is 0.457 e. The van der Waals surface area contributed by atoms with E-state index in [4.69, 9.17) is 21.5 Å². The van der Waals surface area contributed by atoms with E-state index in [-0.39, 0.29) is 0 Å². The van der Waals surface area contributed by atoms with Gasteiger partial charge in [-0.3, -0.25) is 10.7 Å². The van der Waals surface area contributed by atoms with Crippen LogP contribution in [0.4, 0.5) is 5.69 Å². The van der Waals surface area contributed by atoms with Gasteiger partial charge in [0.25, 0.3) is 0 Å². The molecule has 0 radical (unpaired) electrons. The standard InChI is InChI=1S/C13H11ClN2O2/c14-10-1-5-12(6-2-10)18-13-7-3-11(4-8-13)15-9-16-17/h1-9,17H,(H,15,16). The Hall–Kier alpha value is -2.04. The van der Waals surface area contributed by atoms with Crippen molar-refractivity contribution >= 4 is 23.6 Å². The van der Waals surface area contributed by atoms with Crippen LogP contribution in [-0.4, -0.2) is 11.5 Å². The van der Waals surface area contributed by atoms with Crippen LogP contribution in [0.2, 0.25) is 5.02 Å². The normalized spacial score (nSPS) is 10.6. The molecule has 0 saturated carbocycles. The van der Waals surface area contributed by atoms with E-state index >= 15 is 0 Å². The minimum atomic E-state index is 0.670. The van der Waals surface area contributed by atoms with Gasteiger partial charge >= 0.3 is 0 Å². The molecule has 0 spiro atoms. The van der Waals surface area contributed by atoms with Crippen molar-refractivity contribution in [1.29, 1.82) is 0 Å². The van der Waals surface area contributed by atoms with E-state index < -0.39 is 0 Å². The molecule has 0 amide bonds. The molecule has 4 nitrogen and oxygen atoms in total. The minimum absolute atomic E-state index is 0.670. The van der Waals surface area contributed by atoms with Crippen LogP contribution in [0.3, 0.4) is 0 Å². The van der Waals surface area contributed by atoms with Gasteiger partial charge in [0, 0.05) is 5.02 Å². The van der Waals surface area contributed by atoms with Crippen molar-refractivity contribution in [2.45, 2.75) is 0 Å². The Balaban J connectivity index is 2.06. The average Bonchev–Trinajstić information content (AvgIpc) is 2.41. The average molecular weight is 263 g/mol. The molecule has 0 aromatic heterocycles. The molecule has 2 rings (SSSR count). The first-order valence-corrected chi connectivity index (χ1v) is 5.61. The molecular formula is C13H11ClN2O2. The van der Waals surface area contributed by atoms with Gasteiger partial charge < -0.3 is 4.74 Å². The monoisotopic (exact) mass is 262 g/mol. The molecule has 2 N–H and O–H groups in total. The van der Waals surface area contributed by atoms with E-state index in [9.17, 15) is 0 Å². The number of hydrogen-bond acceptors (Lipinski definition) is 3. The Morgan fingerprint density at radius 2 is 1.56 bits per heavy atom.